The number of nitrogens with zero attached hydrogens (tertiary/aromatic N) is 2. The molecule has 0 aliphatic rings. The molecule has 0 unspecified atom stereocenters. The van der Waals surface area contributed by atoms with Gasteiger partial charge in [0.25, 0.3) is 5.91 Å². The van der Waals surface area contributed by atoms with Gasteiger partial charge in [-0.2, -0.15) is 0 Å². The molecule has 0 saturated heterocycles. The fourth-order valence-electron chi connectivity index (χ4n) is 1.38. The van der Waals surface area contributed by atoms with Crippen molar-refractivity contribution < 1.29 is 15.0 Å². The van der Waals surface area contributed by atoms with E-state index in [1.54, 1.807) is 0 Å². The lowest BCUT2D eigenvalue weighted by atomic mass is 10.1. The second-order valence-electron chi connectivity index (χ2n) is 3.46. The Kier molecular flexibility index (Phi) is 3.73. The summed E-state index contributed by atoms with van der Waals surface area (Å²) in [4.78, 5) is 19.3. The Labute approximate surface area is 117 Å². The van der Waals surface area contributed by atoms with Crippen molar-refractivity contribution in [3.05, 3.63) is 40.4 Å². The molecule has 1 aromatic carbocycles. The van der Waals surface area contributed by atoms with Crippen molar-refractivity contribution in [3.63, 3.8) is 0 Å². The zero-order chi connectivity index (χ0) is 14.0. The van der Waals surface area contributed by atoms with Crippen LogP contribution in [0.4, 0.5) is 5.69 Å². The topological polar surface area (TPSA) is 95.3 Å². The maximum absolute atomic E-state index is 12.0. The van der Waals surface area contributed by atoms with Gasteiger partial charge in [0.05, 0.1) is 0 Å². The number of carbonyl (C=O) groups excluding carboxylic acids is 1. The summed E-state index contributed by atoms with van der Waals surface area (Å²) >= 11 is 11.5. The summed E-state index contributed by atoms with van der Waals surface area (Å²) in [6, 6.07) is 3.92. The first-order chi connectivity index (χ1) is 9.00. The van der Waals surface area contributed by atoms with Gasteiger partial charge in [-0.15, -0.1) is 0 Å². The summed E-state index contributed by atoms with van der Waals surface area (Å²) < 4.78 is 0. The molecule has 1 aromatic heterocycles. The molecular formula is C11H7Cl2N3O3. The average Bonchev–Trinajstić information content (AvgIpc) is 2.34. The molecule has 6 nitrogen and oxygen atoms in total. The van der Waals surface area contributed by atoms with Gasteiger partial charge in [-0.05, 0) is 12.1 Å². The number of halogens is 2. The number of nitrogens with one attached hydrogen (secondary N) is 1. The molecule has 3 N–H and O–H groups in total. The third-order valence-electron chi connectivity index (χ3n) is 2.24. The zero-order valence-corrected chi connectivity index (χ0v) is 10.8. The molecule has 0 aliphatic heterocycles. The van der Waals surface area contributed by atoms with Gasteiger partial charge in [-0.3, -0.25) is 4.79 Å². The number of phenolic OH excluding ortho intramolecular Hbond substituents is 2. The summed E-state index contributed by atoms with van der Waals surface area (Å²) in [5.41, 5.74) is -0.294. The minimum absolute atomic E-state index is 0.00140. The molecule has 2 aromatic rings. The smallest absolute Gasteiger partial charge is 0.263 e. The van der Waals surface area contributed by atoms with Crippen molar-refractivity contribution in [1.82, 2.24) is 9.97 Å². The summed E-state index contributed by atoms with van der Waals surface area (Å²) in [6.45, 7) is 0. The van der Waals surface area contributed by atoms with Crippen molar-refractivity contribution >= 4 is 34.8 Å². The number of phenols is 2. The van der Waals surface area contributed by atoms with Crippen LogP contribution >= 0.6 is 23.2 Å². The highest BCUT2D eigenvalue weighted by Crippen LogP contribution is 2.30. The Morgan fingerprint density at radius 2 is 1.63 bits per heavy atom. The number of rotatable bonds is 2. The van der Waals surface area contributed by atoms with Crippen LogP contribution in [-0.4, -0.2) is 26.1 Å². The van der Waals surface area contributed by atoms with Gasteiger partial charge in [0, 0.05) is 0 Å². The number of aromatic nitrogens is 2. The molecule has 0 radical (unpaired) electrons. The van der Waals surface area contributed by atoms with Crippen LogP contribution in [0.25, 0.3) is 0 Å². The monoisotopic (exact) mass is 299 g/mol. The minimum Gasteiger partial charge on any atom is -0.507 e. The van der Waals surface area contributed by atoms with Crippen LogP contribution in [0.1, 0.15) is 10.4 Å². The van der Waals surface area contributed by atoms with Crippen LogP contribution in [0.2, 0.25) is 10.3 Å². The number of benzene rings is 1. The van der Waals surface area contributed by atoms with Crippen LogP contribution < -0.4 is 5.32 Å². The van der Waals surface area contributed by atoms with E-state index >= 15 is 0 Å². The molecule has 1 amide bonds. The van der Waals surface area contributed by atoms with Gasteiger partial charge in [-0.1, -0.05) is 29.3 Å². The highest BCUT2D eigenvalue weighted by Gasteiger charge is 2.19. The first kappa shape index (κ1) is 13.4. The molecule has 0 spiro atoms. The van der Waals surface area contributed by atoms with Crippen molar-refractivity contribution in [3.8, 4) is 11.5 Å². The first-order valence-corrected chi connectivity index (χ1v) is 5.74. The Hall–Kier alpha value is -2.05. The number of amides is 1. The molecule has 98 valence electrons. The predicted molar refractivity (Wildman–Crippen MR) is 69.8 cm³/mol. The molecule has 0 fully saturated rings. The van der Waals surface area contributed by atoms with Gasteiger partial charge in [0.2, 0.25) is 0 Å². The number of hydrogen-bond donors (Lipinski definition) is 3. The Bertz CT molecular complexity index is 609. The number of carbonyl (C=O) groups is 1. The van der Waals surface area contributed by atoms with Gasteiger partial charge < -0.3 is 15.5 Å². The lowest BCUT2D eigenvalue weighted by Gasteiger charge is -2.09. The maximum Gasteiger partial charge on any atom is 0.263 e. The number of hydrogen-bond acceptors (Lipinski definition) is 5. The molecule has 0 aliphatic carbocycles. The summed E-state index contributed by atoms with van der Waals surface area (Å²) in [6.07, 6.45) is 1.14. The van der Waals surface area contributed by atoms with Gasteiger partial charge >= 0.3 is 0 Å². The molecule has 2 rings (SSSR count). The van der Waals surface area contributed by atoms with E-state index in [1.807, 2.05) is 0 Å². The summed E-state index contributed by atoms with van der Waals surface area (Å²) in [7, 11) is 0. The summed E-state index contributed by atoms with van der Waals surface area (Å²) in [5, 5.41) is 21.3. The SMILES string of the molecule is O=C(Nc1c(Cl)ncnc1Cl)c1c(O)cccc1O. The van der Waals surface area contributed by atoms with E-state index in [4.69, 9.17) is 23.2 Å². The normalized spacial score (nSPS) is 10.2. The molecule has 8 heteroatoms. The zero-order valence-electron chi connectivity index (χ0n) is 9.26. The van der Waals surface area contributed by atoms with Crippen molar-refractivity contribution in [2.75, 3.05) is 5.32 Å². The van der Waals surface area contributed by atoms with Crippen molar-refractivity contribution in [1.29, 1.82) is 0 Å². The first-order valence-electron chi connectivity index (χ1n) is 4.99. The molecular weight excluding hydrogens is 293 g/mol. The van der Waals surface area contributed by atoms with Crippen LogP contribution in [0.3, 0.4) is 0 Å². The van der Waals surface area contributed by atoms with Gasteiger partial charge in [0.15, 0.2) is 10.3 Å². The number of anilines is 1. The van der Waals surface area contributed by atoms with Crippen LogP contribution in [-0.2, 0) is 0 Å². The lowest BCUT2D eigenvalue weighted by molar-refractivity contribution is 0.102. The van der Waals surface area contributed by atoms with E-state index in [1.165, 1.54) is 18.2 Å². The molecule has 1 heterocycles. The van der Waals surface area contributed by atoms with E-state index in [2.05, 4.69) is 15.3 Å². The number of aromatic hydroxyl groups is 2. The van der Waals surface area contributed by atoms with E-state index in [-0.39, 0.29) is 33.1 Å². The van der Waals surface area contributed by atoms with E-state index in [0.29, 0.717) is 0 Å². The Morgan fingerprint density at radius 1 is 1.11 bits per heavy atom. The summed E-state index contributed by atoms with van der Waals surface area (Å²) in [5.74, 6) is -1.53. The molecule has 19 heavy (non-hydrogen) atoms. The lowest BCUT2D eigenvalue weighted by Crippen LogP contribution is -2.13. The average molecular weight is 300 g/mol. The molecule has 0 bridgehead atoms. The maximum atomic E-state index is 12.0. The Morgan fingerprint density at radius 3 is 2.16 bits per heavy atom. The van der Waals surface area contributed by atoms with Crippen LogP contribution in [0.5, 0.6) is 11.5 Å². The third kappa shape index (κ3) is 2.69. The van der Waals surface area contributed by atoms with E-state index < -0.39 is 5.91 Å². The largest absolute Gasteiger partial charge is 0.507 e. The van der Waals surface area contributed by atoms with Gasteiger partial charge in [-0.25, -0.2) is 9.97 Å². The Balaban J connectivity index is 2.37. The van der Waals surface area contributed by atoms with Gasteiger partial charge in [0.1, 0.15) is 29.1 Å². The van der Waals surface area contributed by atoms with Crippen LogP contribution in [0, 0.1) is 0 Å². The predicted octanol–water partition coefficient (Wildman–Crippen LogP) is 2.45. The quantitative estimate of drug-likeness (QED) is 0.740. The fourth-order valence-corrected chi connectivity index (χ4v) is 1.79. The standard InChI is InChI=1S/C11H7Cl2N3O3/c12-9-8(10(13)15-4-14-9)16-11(19)7-5(17)2-1-3-6(7)18/h1-4,17-18H,(H,16,19). The highest BCUT2D eigenvalue weighted by molar-refractivity contribution is 6.38. The molecule has 0 atom stereocenters. The van der Waals surface area contributed by atoms with Crippen molar-refractivity contribution in [2.24, 2.45) is 0 Å². The van der Waals surface area contributed by atoms with Crippen molar-refractivity contribution in [2.45, 2.75) is 0 Å². The third-order valence-corrected chi connectivity index (χ3v) is 2.81. The second kappa shape index (κ2) is 5.29. The fraction of sp³-hybridized carbons (Fsp3) is 0. The van der Waals surface area contributed by atoms with E-state index in [0.717, 1.165) is 6.33 Å². The second-order valence-corrected chi connectivity index (χ2v) is 4.17. The molecule has 0 saturated carbocycles. The van der Waals surface area contributed by atoms with E-state index in [9.17, 15) is 15.0 Å². The minimum atomic E-state index is -0.783. The highest BCUT2D eigenvalue weighted by atomic mass is 35.5. The van der Waals surface area contributed by atoms with Crippen LogP contribution in [0.15, 0.2) is 24.5 Å².